The van der Waals surface area contributed by atoms with Gasteiger partial charge >= 0.3 is 11.6 Å². The number of esters is 1. The highest BCUT2D eigenvalue weighted by Gasteiger charge is 2.15. The lowest BCUT2D eigenvalue weighted by molar-refractivity contribution is 0.0378. The number of amides is 1. The SMILES string of the molecule is CC(C)OC(=O)c1ccc(NC(=O)c2cc3cc(Br)ccc3oc2=O)cc1. The van der Waals surface area contributed by atoms with Gasteiger partial charge in [-0.25, -0.2) is 9.59 Å². The van der Waals surface area contributed by atoms with Gasteiger partial charge in [-0.3, -0.25) is 4.79 Å². The highest BCUT2D eigenvalue weighted by atomic mass is 79.9. The van der Waals surface area contributed by atoms with Crippen molar-refractivity contribution in [2.75, 3.05) is 5.32 Å². The van der Waals surface area contributed by atoms with Gasteiger partial charge in [0.15, 0.2) is 0 Å². The van der Waals surface area contributed by atoms with Crippen molar-refractivity contribution in [3.8, 4) is 0 Å². The lowest BCUT2D eigenvalue weighted by Crippen LogP contribution is -2.20. The number of carbonyl (C=O) groups excluding carboxylic acids is 2. The van der Waals surface area contributed by atoms with E-state index in [1.165, 1.54) is 6.07 Å². The molecule has 1 amide bonds. The number of hydrogen-bond acceptors (Lipinski definition) is 5. The molecule has 1 aromatic heterocycles. The molecule has 0 atom stereocenters. The fourth-order valence-corrected chi connectivity index (χ4v) is 2.80. The molecule has 0 radical (unpaired) electrons. The maximum Gasteiger partial charge on any atom is 0.349 e. The predicted molar refractivity (Wildman–Crippen MR) is 105 cm³/mol. The van der Waals surface area contributed by atoms with Crippen LogP contribution in [-0.4, -0.2) is 18.0 Å². The van der Waals surface area contributed by atoms with Crippen LogP contribution in [0.15, 0.2) is 62.2 Å². The van der Waals surface area contributed by atoms with E-state index in [1.54, 1.807) is 56.3 Å². The zero-order valence-corrected chi connectivity index (χ0v) is 16.2. The summed E-state index contributed by atoms with van der Waals surface area (Å²) in [5, 5.41) is 3.25. The molecular weight excluding hydrogens is 414 g/mol. The summed E-state index contributed by atoms with van der Waals surface area (Å²) in [5.41, 5.74) is 0.378. The molecule has 1 N–H and O–H groups in total. The number of halogens is 1. The average Bonchev–Trinajstić information content (AvgIpc) is 2.61. The van der Waals surface area contributed by atoms with E-state index in [0.717, 1.165) is 4.47 Å². The summed E-state index contributed by atoms with van der Waals surface area (Å²) in [6.45, 7) is 3.53. The van der Waals surface area contributed by atoms with Crippen LogP contribution in [0.2, 0.25) is 0 Å². The molecule has 3 aromatic rings. The topological polar surface area (TPSA) is 85.6 Å². The molecular formula is C20H16BrNO5. The predicted octanol–water partition coefficient (Wildman–Crippen LogP) is 4.37. The third kappa shape index (κ3) is 4.43. The van der Waals surface area contributed by atoms with Crippen LogP contribution in [0, 0.1) is 0 Å². The quantitative estimate of drug-likeness (QED) is 0.491. The largest absolute Gasteiger partial charge is 0.459 e. The molecule has 6 nitrogen and oxygen atoms in total. The van der Waals surface area contributed by atoms with Gasteiger partial charge < -0.3 is 14.5 Å². The minimum Gasteiger partial charge on any atom is -0.459 e. The van der Waals surface area contributed by atoms with Crippen molar-refractivity contribution in [1.82, 2.24) is 0 Å². The summed E-state index contributed by atoms with van der Waals surface area (Å²) in [6.07, 6.45) is -0.218. The first kappa shape index (κ1) is 18.8. The maximum atomic E-state index is 12.5. The summed E-state index contributed by atoms with van der Waals surface area (Å²) in [5.74, 6) is -1.04. The number of hydrogen-bond donors (Lipinski definition) is 1. The highest BCUT2D eigenvalue weighted by Crippen LogP contribution is 2.20. The molecule has 0 aliphatic carbocycles. The molecule has 0 fully saturated rings. The van der Waals surface area contributed by atoms with E-state index in [-0.39, 0.29) is 11.7 Å². The Morgan fingerprint density at radius 3 is 2.44 bits per heavy atom. The molecule has 0 saturated carbocycles. The highest BCUT2D eigenvalue weighted by molar-refractivity contribution is 9.10. The maximum absolute atomic E-state index is 12.5. The molecule has 1 heterocycles. The van der Waals surface area contributed by atoms with Gasteiger partial charge in [0.2, 0.25) is 0 Å². The molecule has 0 saturated heterocycles. The second-order valence-corrected chi connectivity index (χ2v) is 7.03. The van der Waals surface area contributed by atoms with Crippen molar-refractivity contribution in [1.29, 1.82) is 0 Å². The Morgan fingerprint density at radius 1 is 1.07 bits per heavy atom. The van der Waals surface area contributed by atoms with Crippen LogP contribution in [0.3, 0.4) is 0 Å². The van der Waals surface area contributed by atoms with Gasteiger partial charge in [-0.15, -0.1) is 0 Å². The van der Waals surface area contributed by atoms with Crippen molar-refractivity contribution < 1.29 is 18.7 Å². The van der Waals surface area contributed by atoms with Gasteiger partial charge in [0.1, 0.15) is 11.1 Å². The lowest BCUT2D eigenvalue weighted by atomic mass is 10.1. The van der Waals surface area contributed by atoms with Crippen molar-refractivity contribution in [2.45, 2.75) is 20.0 Å². The minimum atomic E-state index is -0.723. The van der Waals surface area contributed by atoms with Crippen LogP contribution >= 0.6 is 15.9 Å². The van der Waals surface area contributed by atoms with E-state index in [2.05, 4.69) is 21.2 Å². The van der Waals surface area contributed by atoms with E-state index >= 15 is 0 Å². The third-order valence-electron chi connectivity index (χ3n) is 3.66. The summed E-state index contributed by atoms with van der Waals surface area (Å²) in [6, 6.07) is 12.8. The molecule has 2 aromatic carbocycles. The molecule has 3 rings (SSSR count). The first-order valence-corrected chi connectivity index (χ1v) is 8.98. The number of benzene rings is 2. The van der Waals surface area contributed by atoms with Crippen LogP contribution in [-0.2, 0) is 4.74 Å². The van der Waals surface area contributed by atoms with Crippen molar-refractivity contribution in [2.24, 2.45) is 0 Å². The van der Waals surface area contributed by atoms with Crippen molar-refractivity contribution in [3.05, 3.63) is 74.6 Å². The van der Waals surface area contributed by atoms with E-state index in [0.29, 0.717) is 22.2 Å². The lowest BCUT2D eigenvalue weighted by Gasteiger charge is -2.09. The number of rotatable bonds is 4. The van der Waals surface area contributed by atoms with Gasteiger partial charge in [0.25, 0.3) is 5.91 Å². The molecule has 7 heteroatoms. The Labute approximate surface area is 163 Å². The first-order chi connectivity index (χ1) is 12.8. The first-order valence-electron chi connectivity index (χ1n) is 8.19. The number of fused-ring (bicyclic) bond motifs is 1. The standard InChI is InChI=1S/C20H16BrNO5/c1-11(2)26-19(24)12-3-6-15(7-4-12)22-18(23)16-10-13-9-14(21)5-8-17(13)27-20(16)25/h3-11H,1-2H3,(H,22,23). The van der Waals surface area contributed by atoms with Crippen molar-refractivity contribution in [3.63, 3.8) is 0 Å². The van der Waals surface area contributed by atoms with Crippen LogP contribution in [0.4, 0.5) is 5.69 Å². The zero-order chi connectivity index (χ0) is 19.6. The van der Waals surface area contributed by atoms with Gasteiger partial charge in [-0.1, -0.05) is 15.9 Å². The van der Waals surface area contributed by atoms with Gasteiger partial charge in [-0.2, -0.15) is 0 Å². The zero-order valence-electron chi connectivity index (χ0n) is 14.6. The molecule has 0 aliphatic heterocycles. The van der Waals surface area contributed by atoms with Crippen molar-refractivity contribution >= 4 is 44.5 Å². The molecule has 0 aliphatic rings. The second kappa shape index (κ2) is 7.75. The summed E-state index contributed by atoms with van der Waals surface area (Å²) < 4.78 is 11.1. The number of nitrogens with one attached hydrogen (secondary N) is 1. The third-order valence-corrected chi connectivity index (χ3v) is 4.15. The van der Waals surface area contributed by atoms with Crippen LogP contribution in [0.5, 0.6) is 0 Å². The van der Waals surface area contributed by atoms with Gasteiger partial charge in [0, 0.05) is 15.5 Å². The fourth-order valence-electron chi connectivity index (χ4n) is 2.42. The fraction of sp³-hybridized carbons (Fsp3) is 0.150. The number of anilines is 1. The Hall–Kier alpha value is -2.93. The summed E-state index contributed by atoms with van der Waals surface area (Å²) in [7, 11) is 0. The van der Waals surface area contributed by atoms with Gasteiger partial charge in [-0.05, 0) is 62.4 Å². The van der Waals surface area contributed by atoms with Crippen LogP contribution in [0.1, 0.15) is 34.6 Å². The van der Waals surface area contributed by atoms with Gasteiger partial charge in [0.05, 0.1) is 11.7 Å². The molecule has 0 unspecified atom stereocenters. The Kier molecular flexibility index (Phi) is 5.41. The number of carbonyl (C=O) groups is 2. The van der Waals surface area contributed by atoms with E-state index in [1.807, 2.05) is 0 Å². The second-order valence-electron chi connectivity index (χ2n) is 6.12. The van der Waals surface area contributed by atoms with E-state index in [9.17, 15) is 14.4 Å². The Balaban J connectivity index is 1.81. The van der Waals surface area contributed by atoms with E-state index < -0.39 is 17.5 Å². The summed E-state index contributed by atoms with van der Waals surface area (Å²) in [4.78, 5) is 36.4. The Morgan fingerprint density at radius 2 is 1.78 bits per heavy atom. The molecule has 0 spiro atoms. The number of ether oxygens (including phenoxy) is 1. The monoisotopic (exact) mass is 429 g/mol. The van der Waals surface area contributed by atoms with Crippen LogP contribution in [0.25, 0.3) is 11.0 Å². The van der Waals surface area contributed by atoms with Crippen LogP contribution < -0.4 is 10.9 Å². The van der Waals surface area contributed by atoms with E-state index in [4.69, 9.17) is 9.15 Å². The normalized spacial score (nSPS) is 10.8. The Bertz CT molecular complexity index is 1070. The summed E-state index contributed by atoms with van der Waals surface area (Å²) >= 11 is 3.34. The molecule has 0 bridgehead atoms. The minimum absolute atomic E-state index is 0.108. The molecule has 138 valence electrons. The molecule has 27 heavy (non-hydrogen) atoms. The average molecular weight is 430 g/mol. The smallest absolute Gasteiger partial charge is 0.349 e.